The van der Waals surface area contributed by atoms with Crippen LogP contribution in [-0.2, 0) is 9.59 Å². The van der Waals surface area contributed by atoms with Crippen LogP contribution in [-0.4, -0.2) is 22.8 Å². The van der Waals surface area contributed by atoms with E-state index < -0.39 is 6.10 Å². The third-order valence-corrected chi connectivity index (χ3v) is 8.08. The van der Waals surface area contributed by atoms with Crippen LogP contribution in [0.15, 0.2) is 11.6 Å². The smallest absolute Gasteiger partial charge is 0.156 e. The van der Waals surface area contributed by atoms with Crippen molar-refractivity contribution in [2.75, 3.05) is 0 Å². The molecule has 0 unspecified atom stereocenters. The van der Waals surface area contributed by atoms with Crippen molar-refractivity contribution in [3.63, 3.8) is 0 Å². The van der Waals surface area contributed by atoms with E-state index in [9.17, 15) is 14.7 Å². The number of hydrogen-bond acceptors (Lipinski definition) is 3. The third kappa shape index (κ3) is 1.92. The molecule has 0 spiro atoms. The molecular formula is C20H28O3. The fraction of sp³-hybridized carbons (Fsp3) is 0.800. The Morgan fingerprint density at radius 3 is 2.70 bits per heavy atom. The SMILES string of the molecule is CC(=O)[C@H]1[C@@H](O)C[C@H]2[C@H]3CCC4=CC(=O)C[C@@]4(C)[C@@H]3CC[C@@]21C. The first kappa shape index (κ1) is 15.6. The maximum absolute atomic E-state index is 12.2. The number of aliphatic hydroxyl groups excluding tert-OH is 1. The van der Waals surface area contributed by atoms with Gasteiger partial charge in [0.1, 0.15) is 5.78 Å². The average Bonchev–Trinajstić information content (AvgIpc) is 2.89. The van der Waals surface area contributed by atoms with E-state index in [2.05, 4.69) is 13.8 Å². The molecule has 0 aromatic carbocycles. The minimum atomic E-state index is -0.476. The lowest BCUT2D eigenvalue weighted by molar-refractivity contribution is -0.130. The van der Waals surface area contributed by atoms with Crippen molar-refractivity contribution in [3.8, 4) is 0 Å². The highest BCUT2D eigenvalue weighted by atomic mass is 16.3. The summed E-state index contributed by atoms with van der Waals surface area (Å²) >= 11 is 0. The molecule has 0 aromatic heterocycles. The summed E-state index contributed by atoms with van der Waals surface area (Å²) in [5.41, 5.74) is 1.36. The van der Waals surface area contributed by atoms with Gasteiger partial charge in [-0.25, -0.2) is 0 Å². The molecule has 3 saturated carbocycles. The van der Waals surface area contributed by atoms with Gasteiger partial charge in [-0.15, -0.1) is 0 Å². The summed E-state index contributed by atoms with van der Waals surface area (Å²) in [5, 5.41) is 10.6. The van der Waals surface area contributed by atoms with E-state index in [4.69, 9.17) is 0 Å². The number of ketones is 2. The van der Waals surface area contributed by atoms with Gasteiger partial charge in [-0.3, -0.25) is 9.59 Å². The molecule has 4 aliphatic carbocycles. The van der Waals surface area contributed by atoms with Gasteiger partial charge in [0, 0.05) is 12.3 Å². The van der Waals surface area contributed by atoms with Crippen molar-refractivity contribution in [1.82, 2.24) is 0 Å². The molecule has 0 radical (unpaired) electrons. The van der Waals surface area contributed by atoms with Crippen molar-refractivity contribution in [2.24, 2.45) is 34.5 Å². The van der Waals surface area contributed by atoms with Crippen LogP contribution in [0.5, 0.6) is 0 Å². The molecule has 3 heteroatoms. The lowest BCUT2D eigenvalue weighted by Gasteiger charge is -2.56. The van der Waals surface area contributed by atoms with Crippen molar-refractivity contribution >= 4 is 11.6 Å². The quantitative estimate of drug-likeness (QED) is 0.807. The highest BCUT2D eigenvalue weighted by Gasteiger charge is 2.62. The predicted molar refractivity (Wildman–Crippen MR) is 87.7 cm³/mol. The lowest BCUT2D eigenvalue weighted by Crippen LogP contribution is -2.49. The Morgan fingerprint density at radius 1 is 1.26 bits per heavy atom. The summed E-state index contributed by atoms with van der Waals surface area (Å²) in [6, 6.07) is 0. The van der Waals surface area contributed by atoms with E-state index in [0.29, 0.717) is 30.0 Å². The van der Waals surface area contributed by atoms with E-state index in [1.807, 2.05) is 6.08 Å². The molecule has 4 aliphatic rings. The first-order valence-corrected chi connectivity index (χ1v) is 9.20. The Hall–Kier alpha value is -0.960. The second kappa shape index (κ2) is 4.78. The van der Waals surface area contributed by atoms with Crippen LogP contribution in [0.3, 0.4) is 0 Å². The zero-order valence-corrected chi connectivity index (χ0v) is 14.5. The second-order valence-corrected chi connectivity index (χ2v) is 9.08. The standard InChI is InChI=1S/C20H28O3/c1-11(21)18-17(23)9-16-14-5-4-12-8-13(22)10-20(12,3)15(14)6-7-19(16,18)2/h8,14-18,23H,4-7,9-10H2,1-3H3/t14-,15+,16-,17-,18-,19-,20+/m0/s1. The maximum atomic E-state index is 12.2. The average molecular weight is 316 g/mol. The molecule has 3 nitrogen and oxygen atoms in total. The van der Waals surface area contributed by atoms with Gasteiger partial charge in [0.2, 0.25) is 0 Å². The van der Waals surface area contributed by atoms with Crippen LogP contribution >= 0.6 is 0 Å². The van der Waals surface area contributed by atoms with Crippen LogP contribution in [0.2, 0.25) is 0 Å². The molecule has 23 heavy (non-hydrogen) atoms. The van der Waals surface area contributed by atoms with E-state index in [0.717, 1.165) is 32.1 Å². The van der Waals surface area contributed by atoms with Gasteiger partial charge in [-0.05, 0) is 73.7 Å². The van der Waals surface area contributed by atoms with Gasteiger partial charge in [0.25, 0.3) is 0 Å². The number of hydrogen-bond donors (Lipinski definition) is 1. The second-order valence-electron chi connectivity index (χ2n) is 9.08. The van der Waals surface area contributed by atoms with Crippen molar-refractivity contribution in [3.05, 3.63) is 11.6 Å². The number of rotatable bonds is 1. The van der Waals surface area contributed by atoms with Gasteiger partial charge in [-0.2, -0.15) is 0 Å². The van der Waals surface area contributed by atoms with E-state index in [-0.39, 0.29) is 22.5 Å². The fourth-order valence-electron chi connectivity index (χ4n) is 7.16. The molecule has 0 bridgehead atoms. The number of allylic oxidation sites excluding steroid dienone is 2. The first-order chi connectivity index (χ1) is 10.8. The lowest BCUT2D eigenvalue weighted by atomic mass is 9.48. The summed E-state index contributed by atoms with van der Waals surface area (Å²) in [6.07, 6.45) is 7.12. The molecule has 0 amide bonds. The van der Waals surface area contributed by atoms with Crippen molar-refractivity contribution < 1.29 is 14.7 Å². The largest absolute Gasteiger partial charge is 0.392 e. The molecule has 0 aromatic rings. The zero-order chi connectivity index (χ0) is 16.6. The van der Waals surface area contributed by atoms with Gasteiger partial charge < -0.3 is 5.11 Å². The first-order valence-electron chi connectivity index (χ1n) is 9.20. The topological polar surface area (TPSA) is 54.4 Å². The number of carbonyl (C=O) groups is 2. The highest BCUT2D eigenvalue weighted by molar-refractivity contribution is 5.94. The predicted octanol–water partition coefficient (Wildman–Crippen LogP) is 3.30. The molecule has 7 atom stereocenters. The van der Waals surface area contributed by atoms with Crippen LogP contribution < -0.4 is 0 Å². The summed E-state index contributed by atoms with van der Waals surface area (Å²) in [4.78, 5) is 24.2. The number of Topliss-reactive ketones (excluding diaryl/α,β-unsaturated/α-hetero) is 1. The van der Waals surface area contributed by atoms with Crippen LogP contribution in [0.25, 0.3) is 0 Å². The zero-order valence-electron chi connectivity index (χ0n) is 14.5. The number of fused-ring (bicyclic) bond motifs is 5. The Balaban J connectivity index is 1.69. The van der Waals surface area contributed by atoms with E-state index in [1.165, 1.54) is 5.57 Å². The van der Waals surface area contributed by atoms with Crippen molar-refractivity contribution in [1.29, 1.82) is 0 Å². The molecule has 0 aliphatic heterocycles. The Labute approximate surface area is 138 Å². The summed E-state index contributed by atoms with van der Waals surface area (Å²) in [5.74, 6) is 1.79. The Kier molecular flexibility index (Phi) is 3.23. The van der Waals surface area contributed by atoms with Gasteiger partial charge >= 0.3 is 0 Å². The van der Waals surface area contributed by atoms with E-state index in [1.54, 1.807) is 6.92 Å². The monoisotopic (exact) mass is 316 g/mol. The summed E-state index contributed by atoms with van der Waals surface area (Å²) < 4.78 is 0. The van der Waals surface area contributed by atoms with Crippen molar-refractivity contribution in [2.45, 2.75) is 65.4 Å². The van der Waals surface area contributed by atoms with Crippen LogP contribution in [0.4, 0.5) is 0 Å². The molecule has 0 saturated heterocycles. The summed E-state index contributed by atoms with van der Waals surface area (Å²) in [6.45, 7) is 6.17. The molecule has 0 heterocycles. The minimum Gasteiger partial charge on any atom is -0.392 e. The van der Waals surface area contributed by atoms with Gasteiger partial charge in [0.15, 0.2) is 5.78 Å². The minimum absolute atomic E-state index is 0.0423. The third-order valence-electron chi connectivity index (χ3n) is 8.08. The molecule has 1 N–H and O–H groups in total. The normalized spacial score (nSPS) is 51.7. The molecule has 126 valence electrons. The summed E-state index contributed by atoms with van der Waals surface area (Å²) in [7, 11) is 0. The van der Waals surface area contributed by atoms with E-state index >= 15 is 0 Å². The number of carbonyl (C=O) groups excluding carboxylic acids is 2. The maximum Gasteiger partial charge on any atom is 0.156 e. The van der Waals surface area contributed by atoms with Gasteiger partial charge in [-0.1, -0.05) is 19.4 Å². The molecule has 4 rings (SSSR count). The molecule has 3 fully saturated rings. The fourth-order valence-corrected chi connectivity index (χ4v) is 7.16. The Morgan fingerprint density at radius 2 is 2.00 bits per heavy atom. The number of aliphatic hydroxyl groups is 1. The highest BCUT2D eigenvalue weighted by Crippen LogP contribution is 2.66. The van der Waals surface area contributed by atoms with Crippen LogP contribution in [0, 0.1) is 34.5 Å². The van der Waals surface area contributed by atoms with Crippen LogP contribution in [0.1, 0.15) is 59.3 Å². The Bertz CT molecular complexity index is 606. The molecular weight excluding hydrogens is 288 g/mol. The van der Waals surface area contributed by atoms with Gasteiger partial charge in [0.05, 0.1) is 6.10 Å².